The lowest BCUT2D eigenvalue weighted by Crippen LogP contribution is -2.49. The molecule has 29 heavy (non-hydrogen) atoms. The Hall–Kier alpha value is -2.54. The highest BCUT2D eigenvalue weighted by Gasteiger charge is 2.32. The Balaban J connectivity index is 2.29. The van der Waals surface area contributed by atoms with Gasteiger partial charge in [0.05, 0.1) is 25.1 Å². The number of rotatable bonds is 9. The molecule has 2 atom stereocenters. The number of hydrogen-bond donors (Lipinski definition) is 1. The van der Waals surface area contributed by atoms with Gasteiger partial charge < -0.3 is 10.1 Å². The van der Waals surface area contributed by atoms with Crippen molar-refractivity contribution in [1.82, 2.24) is 5.32 Å². The molecule has 0 aliphatic heterocycles. The van der Waals surface area contributed by atoms with E-state index >= 15 is 0 Å². The molecule has 6 nitrogen and oxygen atoms in total. The zero-order valence-corrected chi connectivity index (χ0v) is 18.5. The van der Waals surface area contributed by atoms with Gasteiger partial charge in [-0.2, -0.15) is 0 Å². The van der Waals surface area contributed by atoms with Crippen molar-refractivity contribution in [2.45, 2.75) is 45.7 Å². The van der Waals surface area contributed by atoms with Crippen molar-refractivity contribution in [1.29, 1.82) is 0 Å². The van der Waals surface area contributed by atoms with Crippen LogP contribution in [0.3, 0.4) is 0 Å². The summed E-state index contributed by atoms with van der Waals surface area (Å²) in [6, 6.07) is 13.6. The number of amides is 1. The van der Waals surface area contributed by atoms with Gasteiger partial charge in [0.25, 0.3) is 0 Å². The van der Waals surface area contributed by atoms with Gasteiger partial charge in [0.2, 0.25) is 15.9 Å². The van der Waals surface area contributed by atoms with E-state index in [4.69, 9.17) is 4.74 Å². The Morgan fingerprint density at radius 2 is 1.79 bits per heavy atom. The SMILES string of the molecule is CCc1ccc([C@H](C)NC(=O)[C@H](CC)N(c2cccc(OC)c2)S(C)(=O)=O)cc1. The Morgan fingerprint density at radius 3 is 2.31 bits per heavy atom. The average molecular weight is 419 g/mol. The quantitative estimate of drug-likeness (QED) is 0.674. The van der Waals surface area contributed by atoms with Crippen molar-refractivity contribution in [3.8, 4) is 5.75 Å². The molecule has 0 radical (unpaired) electrons. The molecular weight excluding hydrogens is 388 g/mol. The van der Waals surface area contributed by atoms with E-state index in [1.54, 1.807) is 31.2 Å². The van der Waals surface area contributed by atoms with Crippen LogP contribution in [0.4, 0.5) is 5.69 Å². The first-order valence-corrected chi connectivity index (χ1v) is 11.6. The lowest BCUT2D eigenvalue weighted by Gasteiger charge is -2.31. The van der Waals surface area contributed by atoms with Crippen LogP contribution in [0.5, 0.6) is 5.75 Å². The molecule has 0 unspecified atom stereocenters. The standard InChI is InChI=1S/C22H30N2O4S/c1-6-17-11-13-18(14-12-17)16(3)23-22(25)21(7-2)24(29(5,26)27)19-9-8-10-20(15-19)28-4/h8-16,21H,6-7H2,1-5H3,(H,23,25)/t16-,21-/m0/s1. The van der Waals surface area contributed by atoms with Crippen LogP contribution in [-0.2, 0) is 21.2 Å². The minimum Gasteiger partial charge on any atom is -0.497 e. The molecule has 2 aromatic rings. The van der Waals surface area contributed by atoms with Crippen molar-refractivity contribution in [2.75, 3.05) is 17.7 Å². The molecule has 1 N–H and O–H groups in total. The Bertz CT molecular complexity index is 926. The van der Waals surface area contributed by atoms with E-state index in [2.05, 4.69) is 12.2 Å². The van der Waals surface area contributed by atoms with E-state index in [0.29, 0.717) is 17.9 Å². The molecule has 0 spiro atoms. The summed E-state index contributed by atoms with van der Waals surface area (Å²) in [5, 5.41) is 2.96. The summed E-state index contributed by atoms with van der Waals surface area (Å²) in [5.41, 5.74) is 2.59. The highest BCUT2D eigenvalue weighted by atomic mass is 32.2. The highest BCUT2D eigenvalue weighted by molar-refractivity contribution is 7.92. The van der Waals surface area contributed by atoms with Crippen LogP contribution in [0, 0.1) is 0 Å². The summed E-state index contributed by atoms with van der Waals surface area (Å²) < 4.78 is 31.5. The molecular formula is C22H30N2O4S. The van der Waals surface area contributed by atoms with Crippen LogP contribution in [0.15, 0.2) is 48.5 Å². The van der Waals surface area contributed by atoms with E-state index in [9.17, 15) is 13.2 Å². The van der Waals surface area contributed by atoms with Gasteiger partial charge in [0.15, 0.2) is 0 Å². The van der Waals surface area contributed by atoms with Crippen molar-refractivity contribution in [2.24, 2.45) is 0 Å². The number of aryl methyl sites for hydroxylation is 1. The van der Waals surface area contributed by atoms with Crippen molar-refractivity contribution >= 4 is 21.6 Å². The fraction of sp³-hybridized carbons (Fsp3) is 0.409. The summed E-state index contributed by atoms with van der Waals surface area (Å²) in [6.07, 6.45) is 2.38. The first-order chi connectivity index (χ1) is 13.7. The number of anilines is 1. The third-order valence-corrected chi connectivity index (χ3v) is 6.06. The predicted molar refractivity (Wildman–Crippen MR) is 117 cm³/mol. The predicted octanol–water partition coefficient (Wildman–Crippen LogP) is 3.68. The second kappa shape index (κ2) is 9.78. The van der Waals surface area contributed by atoms with Crippen molar-refractivity contribution in [3.63, 3.8) is 0 Å². The maximum Gasteiger partial charge on any atom is 0.244 e. The number of ether oxygens (including phenoxy) is 1. The van der Waals surface area contributed by atoms with Gasteiger partial charge in [-0.1, -0.05) is 44.2 Å². The van der Waals surface area contributed by atoms with Crippen molar-refractivity contribution < 1.29 is 17.9 Å². The Labute approximate surface area is 173 Å². The lowest BCUT2D eigenvalue weighted by molar-refractivity contribution is -0.122. The van der Waals surface area contributed by atoms with E-state index in [1.807, 2.05) is 31.2 Å². The largest absolute Gasteiger partial charge is 0.497 e. The third kappa shape index (κ3) is 5.73. The second-order valence-corrected chi connectivity index (χ2v) is 8.87. The molecule has 0 saturated heterocycles. The Morgan fingerprint density at radius 1 is 1.14 bits per heavy atom. The molecule has 2 rings (SSSR count). The number of carbonyl (C=O) groups is 1. The third-order valence-electron chi connectivity index (χ3n) is 4.88. The maximum absolute atomic E-state index is 13.0. The number of hydrogen-bond acceptors (Lipinski definition) is 4. The van der Waals surface area contributed by atoms with Crippen LogP contribution < -0.4 is 14.4 Å². The number of carbonyl (C=O) groups excluding carboxylic acids is 1. The topological polar surface area (TPSA) is 75.7 Å². The zero-order valence-electron chi connectivity index (χ0n) is 17.7. The van der Waals surface area contributed by atoms with Gasteiger partial charge in [-0.25, -0.2) is 8.42 Å². The maximum atomic E-state index is 13.0. The minimum absolute atomic E-state index is 0.242. The molecule has 0 aliphatic rings. The van der Waals surface area contributed by atoms with Gasteiger partial charge in [-0.05, 0) is 43.0 Å². The van der Waals surface area contributed by atoms with Gasteiger partial charge in [-0.15, -0.1) is 0 Å². The molecule has 0 fully saturated rings. The average Bonchev–Trinajstić information content (AvgIpc) is 2.70. The molecule has 158 valence electrons. The first kappa shape index (κ1) is 22.7. The van der Waals surface area contributed by atoms with Gasteiger partial charge in [-0.3, -0.25) is 9.10 Å². The fourth-order valence-electron chi connectivity index (χ4n) is 3.24. The summed E-state index contributed by atoms with van der Waals surface area (Å²) in [7, 11) is -2.18. The van der Waals surface area contributed by atoms with Gasteiger partial charge in [0.1, 0.15) is 11.8 Å². The van der Waals surface area contributed by atoms with E-state index in [0.717, 1.165) is 22.5 Å². The normalized spacial score (nSPS) is 13.4. The smallest absolute Gasteiger partial charge is 0.244 e. The van der Waals surface area contributed by atoms with E-state index < -0.39 is 16.1 Å². The van der Waals surface area contributed by atoms with Gasteiger partial charge >= 0.3 is 0 Å². The van der Waals surface area contributed by atoms with Crippen LogP contribution in [0.2, 0.25) is 0 Å². The fourth-order valence-corrected chi connectivity index (χ4v) is 4.45. The summed E-state index contributed by atoms with van der Waals surface area (Å²) in [5.74, 6) is 0.184. The van der Waals surface area contributed by atoms with Crippen molar-refractivity contribution in [3.05, 3.63) is 59.7 Å². The number of nitrogens with zero attached hydrogens (tertiary/aromatic N) is 1. The molecule has 0 heterocycles. The second-order valence-electron chi connectivity index (χ2n) is 7.01. The molecule has 7 heteroatoms. The van der Waals surface area contributed by atoms with Crippen LogP contribution >= 0.6 is 0 Å². The lowest BCUT2D eigenvalue weighted by atomic mass is 10.0. The zero-order chi connectivity index (χ0) is 21.6. The number of nitrogens with one attached hydrogen (secondary N) is 1. The number of methoxy groups -OCH3 is 1. The molecule has 2 aromatic carbocycles. The van der Waals surface area contributed by atoms with Gasteiger partial charge in [0, 0.05) is 6.07 Å². The molecule has 0 aromatic heterocycles. The monoisotopic (exact) mass is 418 g/mol. The summed E-state index contributed by atoms with van der Waals surface area (Å²) in [6.45, 7) is 5.77. The number of benzene rings is 2. The van der Waals surface area contributed by atoms with E-state index in [1.165, 1.54) is 12.7 Å². The Kier molecular flexibility index (Phi) is 7.67. The highest BCUT2D eigenvalue weighted by Crippen LogP contribution is 2.27. The molecule has 0 bridgehead atoms. The van der Waals surface area contributed by atoms with Crippen LogP contribution in [-0.4, -0.2) is 33.7 Å². The van der Waals surface area contributed by atoms with Crippen LogP contribution in [0.25, 0.3) is 0 Å². The van der Waals surface area contributed by atoms with Crippen LogP contribution in [0.1, 0.15) is 44.4 Å². The number of sulfonamides is 1. The van der Waals surface area contributed by atoms with E-state index in [-0.39, 0.29) is 11.9 Å². The minimum atomic E-state index is -3.69. The molecule has 1 amide bonds. The summed E-state index contributed by atoms with van der Waals surface area (Å²) in [4.78, 5) is 13.0. The summed E-state index contributed by atoms with van der Waals surface area (Å²) >= 11 is 0. The first-order valence-electron chi connectivity index (χ1n) is 9.73. The molecule has 0 aliphatic carbocycles. The molecule has 0 saturated carbocycles.